The minimum absolute atomic E-state index is 0.115. The number of amides is 2. The number of carbonyl (C=O) groups excluding carboxylic acids is 2. The maximum Gasteiger partial charge on any atom is 0.236 e. The van der Waals surface area contributed by atoms with Crippen LogP contribution in [0.4, 0.5) is 11.4 Å². The lowest BCUT2D eigenvalue weighted by molar-refractivity contribution is -0.118. The van der Waals surface area contributed by atoms with Crippen LogP contribution in [0.1, 0.15) is 25.5 Å². The van der Waals surface area contributed by atoms with E-state index < -0.39 is 5.41 Å². The molecule has 142 valence electrons. The van der Waals surface area contributed by atoms with Gasteiger partial charge in [0.1, 0.15) is 0 Å². The van der Waals surface area contributed by atoms with E-state index in [1.165, 1.54) is 6.92 Å². The highest BCUT2D eigenvalue weighted by atomic mass is 35.5. The minimum atomic E-state index is -0.662. The van der Waals surface area contributed by atoms with Gasteiger partial charge < -0.3 is 15.2 Å². The standard InChI is InChI=1S/C21H18ClN3O3/c1-13(26)23-16-6-8-17(9-7-16)24-20(27)21(10-11-21)19-12-18(28-25-19)14-2-4-15(22)5-3-14/h2-9,12H,10-11H2,1H3,(H,23,26)(H,24,27). The van der Waals surface area contributed by atoms with E-state index in [9.17, 15) is 9.59 Å². The molecule has 1 heterocycles. The first-order valence-corrected chi connectivity index (χ1v) is 9.26. The molecule has 2 aromatic carbocycles. The van der Waals surface area contributed by atoms with Crippen molar-refractivity contribution in [3.63, 3.8) is 0 Å². The Labute approximate surface area is 166 Å². The highest BCUT2D eigenvalue weighted by Gasteiger charge is 2.53. The highest BCUT2D eigenvalue weighted by Crippen LogP contribution is 2.49. The fourth-order valence-electron chi connectivity index (χ4n) is 3.07. The summed E-state index contributed by atoms with van der Waals surface area (Å²) >= 11 is 5.92. The number of hydrogen-bond donors (Lipinski definition) is 2. The molecule has 0 unspecified atom stereocenters. The summed E-state index contributed by atoms with van der Waals surface area (Å²) in [7, 11) is 0. The van der Waals surface area contributed by atoms with Gasteiger partial charge in [0.2, 0.25) is 11.8 Å². The maximum atomic E-state index is 12.9. The van der Waals surface area contributed by atoms with Crippen LogP contribution in [0.2, 0.25) is 5.02 Å². The van der Waals surface area contributed by atoms with E-state index in [4.69, 9.17) is 16.1 Å². The van der Waals surface area contributed by atoms with E-state index in [0.29, 0.717) is 27.9 Å². The van der Waals surface area contributed by atoms with Crippen LogP contribution in [0.5, 0.6) is 0 Å². The van der Waals surface area contributed by atoms with Crippen molar-refractivity contribution in [2.24, 2.45) is 0 Å². The van der Waals surface area contributed by atoms with E-state index in [1.807, 2.05) is 18.2 Å². The number of nitrogens with one attached hydrogen (secondary N) is 2. The van der Waals surface area contributed by atoms with Gasteiger partial charge in [-0.15, -0.1) is 0 Å². The van der Waals surface area contributed by atoms with Crippen molar-refractivity contribution in [2.75, 3.05) is 10.6 Å². The molecule has 3 aromatic rings. The lowest BCUT2D eigenvalue weighted by Gasteiger charge is -2.13. The second-order valence-corrected chi connectivity index (χ2v) is 7.31. The van der Waals surface area contributed by atoms with Crippen LogP contribution in [-0.4, -0.2) is 17.0 Å². The van der Waals surface area contributed by atoms with E-state index in [-0.39, 0.29) is 11.8 Å². The summed E-state index contributed by atoms with van der Waals surface area (Å²) in [5.74, 6) is 0.345. The number of halogens is 1. The van der Waals surface area contributed by atoms with Crippen molar-refractivity contribution in [2.45, 2.75) is 25.2 Å². The summed E-state index contributed by atoms with van der Waals surface area (Å²) in [6.07, 6.45) is 1.44. The molecule has 1 aromatic heterocycles. The van der Waals surface area contributed by atoms with Gasteiger partial charge >= 0.3 is 0 Å². The molecule has 0 bridgehead atoms. The molecule has 1 aliphatic rings. The molecule has 1 aliphatic carbocycles. The van der Waals surface area contributed by atoms with Crippen molar-refractivity contribution >= 4 is 34.8 Å². The Balaban J connectivity index is 1.49. The lowest BCUT2D eigenvalue weighted by Crippen LogP contribution is -2.28. The van der Waals surface area contributed by atoms with Gasteiger partial charge in [0.25, 0.3) is 0 Å². The third kappa shape index (κ3) is 3.64. The van der Waals surface area contributed by atoms with Gasteiger partial charge in [-0.05, 0) is 61.4 Å². The summed E-state index contributed by atoms with van der Waals surface area (Å²) in [5, 5.41) is 10.4. The molecule has 0 atom stereocenters. The monoisotopic (exact) mass is 395 g/mol. The smallest absolute Gasteiger partial charge is 0.236 e. The predicted molar refractivity (Wildman–Crippen MR) is 107 cm³/mol. The molecule has 0 radical (unpaired) electrons. The summed E-state index contributed by atoms with van der Waals surface area (Å²) in [6.45, 7) is 1.45. The summed E-state index contributed by atoms with van der Waals surface area (Å²) in [5.41, 5.74) is 2.16. The quantitative estimate of drug-likeness (QED) is 0.660. The predicted octanol–water partition coefficient (Wildman–Crippen LogP) is 4.62. The molecule has 6 nitrogen and oxygen atoms in total. The molecular weight excluding hydrogens is 378 g/mol. The minimum Gasteiger partial charge on any atom is -0.356 e. The molecule has 1 saturated carbocycles. The first-order valence-electron chi connectivity index (χ1n) is 8.88. The van der Waals surface area contributed by atoms with Crippen molar-refractivity contribution < 1.29 is 14.1 Å². The Kier molecular flexibility index (Phi) is 4.65. The van der Waals surface area contributed by atoms with E-state index in [1.54, 1.807) is 36.4 Å². The molecule has 1 fully saturated rings. The number of aromatic nitrogens is 1. The van der Waals surface area contributed by atoms with Crippen molar-refractivity contribution in [1.82, 2.24) is 5.16 Å². The zero-order chi connectivity index (χ0) is 19.7. The molecular formula is C21H18ClN3O3. The van der Waals surface area contributed by atoms with Crippen molar-refractivity contribution in [3.05, 3.63) is 65.3 Å². The Hall–Kier alpha value is -3.12. The van der Waals surface area contributed by atoms with Crippen LogP contribution in [0.25, 0.3) is 11.3 Å². The van der Waals surface area contributed by atoms with Gasteiger partial charge in [0.15, 0.2) is 5.76 Å². The normalized spacial score (nSPS) is 14.4. The molecule has 0 spiro atoms. The second-order valence-electron chi connectivity index (χ2n) is 6.88. The van der Waals surface area contributed by atoms with E-state index in [2.05, 4.69) is 15.8 Å². The van der Waals surface area contributed by atoms with Crippen molar-refractivity contribution in [3.8, 4) is 11.3 Å². The molecule has 7 heteroatoms. The van der Waals surface area contributed by atoms with Gasteiger partial charge in [0.05, 0.1) is 11.1 Å². The van der Waals surface area contributed by atoms with Crippen LogP contribution in [-0.2, 0) is 15.0 Å². The Morgan fingerprint density at radius 3 is 2.18 bits per heavy atom. The van der Waals surface area contributed by atoms with Crippen molar-refractivity contribution in [1.29, 1.82) is 0 Å². The topological polar surface area (TPSA) is 84.2 Å². The van der Waals surface area contributed by atoms with Crippen LogP contribution >= 0.6 is 11.6 Å². The van der Waals surface area contributed by atoms with Gasteiger partial charge in [-0.1, -0.05) is 16.8 Å². The number of anilines is 2. The van der Waals surface area contributed by atoms with Gasteiger partial charge in [-0.3, -0.25) is 9.59 Å². The number of hydrogen-bond acceptors (Lipinski definition) is 4. The van der Waals surface area contributed by atoms with Crippen LogP contribution in [0.3, 0.4) is 0 Å². The van der Waals surface area contributed by atoms with E-state index >= 15 is 0 Å². The fraction of sp³-hybridized carbons (Fsp3) is 0.190. The SMILES string of the molecule is CC(=O)Nc1ccc(NC(=O)C2(c3cc(-c4ccc(Cl)cc4)on3)CC2)cc1. The lowest BCUT2D eigenvalue weighted by atomic mass is 10.00. The molecule has 0 saturated heterocycles. The molecule has 2 N–H and O–H groups in total. The number of benzene rings is 2. The maximum absolute atomic E-state index is 12.9. The number of nitrogens with zero attached hydrogens (tertiary/aromatic N) is 1. The van der Waals surface area contributed by atoms with Crippen LogP contribution in [0, 0.1) is 0 Å². The second kappa shape index (κ2) is 7.13. The Morgan fingerprint density at radius 2 is 1.61 bits per heavy atom. The third-order valence-electron chi connectivity index (χ3n) is 4.78. The summed E-state index contributed by atoms with van der Waals surface area (Å²) in [6, 6.07) is 16.1. The first-order chi connectivity index (χ1) is 13.5. The average molecular weight is 396 g/mol. The zero-order valence-electron chi connectivity index (χ0n) is 15.2. The van der Waals surface area contributed by atoms with Gasteiger partial charge in [-0.2, -0.15) is 0 Å². The molecule has 0 aliphatic heterocycles. The van der Waals surface area contributed by atoms with Crippen LogP contribution < -0.4 is 10.6 Å². The highest BCUT2D eigenvalue weighted by molar-refractivity contribution is 6.30. The fourth-order valence-corrected chi connectivity index (χ4v) is 3.19. The third-order valence-corrected chi connectivity index (χ3v) is 5.03. The average Bonchev–Trinajstić information content (AvgIpc) is 3.34. The number of carbonyl (C=O) groups is 2. The largest absolute Gasteiger partial charge is 0.356 e. The zero-order valence-corrected chi connectivity index (χ0v) is 15.9. The molecule has 2 amide bonds. The van der Waals surface area contributed by atoms with Gasteiger partial charge in [-0.25, -0.2) is 0 Å². The Morgan fingerprint density at radius 1 is 1.00 bits per heavy atom. The van der Waals surface area contributed by atoms with Crippen LogP contribution in [0.15, 0.2) is 59.1 Å². The molecule has 4 rings (SSSR count). The Bertz CT molecular complexity index is 1020. The number of rotatable bonds is 5. The van der Waals surface area contributed by atoms with E-state index in [0.717, 1.165) is 18.4 Å². The molecule has 28 heavy (non-hydrogen) atoms. The van der Waals surface area contributed by atoms with Gasteiger partial charge in [0, 0.05) is 35.0 Å². The summed E-state index contributed by atoms with van der Waals surface area (Å²) < 4.78 is 5.46. The summed E-state index contributed by atoms with van der Waals surface area (Å²) in [4.78, 5) is 24.0. The first kappa shape index (κ1) is 18.3.